The predicted octanol–water partition coefficient (Wildman–Crippen LogP) is 3.44. The van der Waals surface area contributed by atoms with Crippen molar-refractivity contribution >= 4 is 17.1 Å². The molecule has 2 saturated carbocycles. The molecule has 8 heteroatoms. The Kier molecular flexibility index (Phi) is 6.24. The average molecular weight is 474 g/mol. The second-order valence-electron chi connectivity index (χ2n) is 10.8. The molecule has 3 aliphatic rings. The maximum atomic E-state index is 13.4. The number of rotatable bonds is 5. The first kappa shape index (κ1) is 22.6. The van der Waals surface area contributed by atoms with Gasteiger partial charge in [0.2, 0.25) is 5.91 Å². The number of nitrogens with zero attached hydrogens (tertiary/aromatic N) is 4. The molecule has 6 atom stereocenters. The summed E-state index contributed by atoms with van der Waals surface area (Å²) in [5.74, 6) is 1.31. The van der Waals surface area contributed by atoms with Gasteiger partial charge in [-0.25, -0.2) is 15.4 Å². The van der Waals surface area contributed by atoms with Crippen molar-refractivity contribution in [2.24, 2.45) is 17.8 Å². The number of pyridine rings is 2. The van der Waals surface area contributed by atoms with Gasteiger partial charge in [0, 0.05) is 42.6 Å². The average Bonchev–Trinajstić information content (AvgIpc) is 3.48. The molecular weight excluding hydrogens is 438 g/mol. The Bertz CT molecular complexity index is 1190. The Morgan fingerprint density at radius 2 is 2.03 bits per heavy atom. The zero-order valence-electron chi connectivity index (χ0n) is 20.4. The number of nitrogens with one attached hydrogen (secondary N) is 3. The number of hydrogen-bond donors (Lipinski definition) is 3. The number of carbonyl (C=O) groups is 1. The molecule has 3 aromatic rings. The van der Waals surface area contributed by atoms with Crippen LogP contribution in [0.2, 0.25) is 0 Å². The molecule has 35 heavy (non-hydrogen) atoms. The molecule has 1 saturated heterocycles. The molecule has 0 radical (unpaired) electrons. The van der Waals surface area contributed by atoms with E-state index < -0.39 is 0 Å². The van der Waals surface area contributed by atoms with Crippen molar-refractivity contribution in [2.45, 2.75) is 76.5 Å². The molecule has 3 N–H and O–H groups in total. The zero-order valence-corrected chi connectivity index (χ0v) is 20.4. The highest BCUT2D eigenvalue weighted by Gasteiger charge is 2.43. The lowest BCUT2D eigenvalue weighted by molar-refractivity contribution is -0.127. The molecule has 0 spiro atoms. The van der Waals surface area contributed by atoms with E-state index >= 15 is 0 Å². The van der Waals surface area contributed by atoms with E-state index in [0.29, 0.717) is 17.9 Å². The Labute approximate surface area is 206 Å². The molecule has 6 unspecified atom stereocenters. The van der Waals surface area contributed by atoms with E-state index in [4.69, 9.17) is 0 Å². The van der Waals surface area contributed by atoms with E-state index in [1.807, 2.05) is 25.5 Å². The smallest absolute Gasteiger partial charge is 0.223 e. The van der Waals surface area contributed by atoms with Crippen molar-refractivity contribution in [3.8, 4) is 0 Å². The minimum absolute atomic E-state index is 0.0902. The topological polar surface area (TPSA) is 96.8 Å². The zero-order chi connectivity index (χ0) is 23.8. The summed E-state index contributed by atoms with van der Waals surface area (Å²) in [7, 11) is 0. The molecule has 0 aromatic carbocycles. The number of carbonyl (C=O) groups excluding carboxylic acids is 1. The van der Waals surface area contributed by atoms with Crippen molar-refractivity contribution in [2.75, 3.05) is 0 Å². The van der Waals surface area contributed by atoms with Crippen molar-refractivity contribution in [1.29, 1.82) is 0 Å². The standard InChI is InChI=1S/C27H35N7O/c1-17-12-19(9-11-28-17)25-22-14-20(7-8-23(22)32-33-25)27(35)31-21-5-2-4-18(13-21)15-34-16-30-26-24(34)6-3-10-29-26/h3,6,9-12,16,18,20-23,25,32-33H,2,4-5,7-8,13-15H2,1H3,(H,31,35). The summed E-state index contributed by atoms with van der Waals surface area (Å²) >= 11 is 0. The quantitative estimate of drug-likeness (QED) is 0.525. The fourth-order valence-electron chi connectivity index (χ4n) is 6.62. The van der Waals surface area contributed by atoms with Gasteiger partial charge < -0.3 is 9.88 Å². The largest absolute Gasteiger partial charge is 0.353 e. The Hall–Kier alpha value is -2.84. The molecule has 8 nitrogen and oxygen atoms in total. The van der Waals surface area contributed by atoms with Gasteiger partial charge in [0.05, 0.1) is 17.9 Å². The van der Waals surface area contributed by atoms with Crippen LogP contribution in [0.1, 0.15) is 62.2 Å². The van der Waals surface area contributed by atoms with Crippen LogP contribution in [0.15, 0.2) is 43.0 Å². The van der Waals surface area contributed by atoms with Crippen LogP contribution in [-0.2, 0) is 11.3 Å². The van der Waals surface area contributed by atoms with Crippen LogP contribution >= 0.6 is 0 Å². The van der Waals surface area contributed by atoms with Gasteiger partial charge in [0.1, 0.15) is 0 Å². The van der Waals surface area contributed by atoms with Gasteiger partial charge in [0.15, 0.2) is 5.65 Å². The normalized spacial score (nSPS) is 30.8. The number of hydrazine groups is 1. The van der Waals surface area contributed by atoms with E-state index in [2.05, 4.69) is 53.9 Å². The molecule has 4 heterocycles. The summed E-state index contributed by atoms with van der Waals surface area (Å²) in [6.07, 6.45) is 13.0. The van der Waals surface area contributed by atoms with Crippen molar-refractivity contribution < 1.29 is 4.79 Å². The first-order chi connectivity index (χ1) is 17.1. The SMILES string of the molecule is Cc1cc(C2NNC3CCC(C(=O)NC4CCCC(Cn5cnc6ncccc65)C4)CC32)ccn1. The number of hydrogen-bond acceptors (Lipinski definition) is 6. The van der Waals surface area contributed by atoms with Crippen LogP contribution in [0.3, 0.4) is 0 Å². The molecule has 3 fully saturated rings. The molecule has 2 aliphatic carbocycles. The third-order valence-corrected chi connectivity index (χ3v) is 8.38. The number of imidazole rings is 1. The van der Waals surface area contributed by atoms with Crippen molar-refractivity contribution in [3.05, 3.63) is 54.2 Å². The molecule has 184 valence electrons. The Morgan fingerprint density at radius 1 is 1.09 bits per heavy atom. The predicted molar refractivity (Wildman–Crippen MR) is 134 cm³/mol. The van der Waals surface area contributed by atoms with E-state index in [1.54, 1.807) is 6.20 Å². The first-order valence-electron chi connectivity index (χ1n) is 13.1. The molecule has 0 bridgehead atoms. The summed E-state index contributed by atoms with van der Waals surface area (Å²) in [6.45, 7) is 2.97. The fraction of sp³-hybridized carbons (Fsp3) is 0.556. The van der Waals surface area contributed by atoms with E-state index in [9.17, 15) is 4.79 Å². The highest BCUT2D eigenvalue weighted by molar-refractivity contribution is 5.79. The van der Waals surface area contributed by atoms with E-state index in [0.717, 1.165) is 61.9 Å². The van der Waals surface area contributed by atoms with Gasteiger partial charge in [-0.1, -0.05) is 6.42 Å². The number of amides is 1. The van der Waals surface area contributed by atoms with Gasteiger partial charge in [-0.05, 0) is 87.1 Å². The Morgan fingerprint density at radius 3 is 2.94 bits per heavy atom. The van der Waals surface area contributed by atoms with Crippen LogP contribution in [0, 0.1) is 24.7 Å². The third kappa shape index (κ3) is 4.69. The van der Waals surface area contributed by atoms with Gasteiger partial charge in [-0.2, -0.15) is 0 Å². The number of fused-ring (bicyclic) bond motifs is 2. The van der Waals surface area contributed by atoms with Crippen molar-refractivity contribution in [3.63, 3.8) is 0 Å². The van der Waals surface area contributed by atoms with Gasteiger partial charge in [-0.15, -0.1) is 0 Å². The minimum atomic E-state index is 0.0902. The first-order valence-corrected chi connectivity index (χ1v) is 13.1. The minimum Gasteiger partial charge on any atom is -0.353 e. The second kappa shape index (κ2) is 9.66. The number of aromatic nitrogens is 4. The van der Waals surface area contributed by atoms with Crippen LogP contribution in [0.25, 0.3) is 11.2 Å². The van der Waals surface area contributed by atoms with Crippen LogP contribution in [0.4, 0.5) is 0 Å². The maximum absolute atomic E-state index is 13.4. The summed E-state index contributed by atoms with van der Waals surface area (Å²) in [6, 6.07) is 9.24. The molecule has 3 aromatic heterocycles. The van der Waals surface area contributed by atoms with Crippen LogP contribution in [-0.4, -0.2) is 37.5 Å². The summed E-state index contributed by atoms with van der Waals surface area (Å²) in [5, 5.41) is 3.45. The number of aryl methyl sites for hydroxylation is 1. The highest BCUT2D eigenvalue weighted by Crippen LogP contribution is 2.40. The summed E-state index contributed by atoms with van der Waals surface area (Å²) < 4.78 is 2.22. The van der Waals surface area contributed by atoms with E-state index in [1.165, 1.54) is 12.0 Å². The molecule has 1 aliphatic heterocycles. The second-order valence-corrected chi connectivity index (χ2v) is 10.8. The Balaban J connectivity index is 1.07. The lowest BCUT2D eigenvalue weighted by atomic mass is 9.74. The van der Waals surface area contributed by atoms with E-state index in [-0.39, 0.29) is 23.9 Å². The summed E-state index contributed by atoms with van der Waals surface area (Å²) in [5.41, 5.74) is 11.2. The lowest BCUT2D eigenvalue weighted by Gasteiger charge is -2.35. The van der Waals surface area contributed by atoms with Gasteiger partial charge in [0.25, 0.3) is 0 Å². The lowest BCUT2D eigenvalue weighted by Crippen LogP contribution is -2.45. The van der Waals surface area contributed by atoms with Crippen LogP contribution in [0.5, 0.6) is 0 Å². The maximum Gasteiger partial charge on any atom is 0.223 e. The van der Waals surface area contributed by atoms with Crippen molar-refractivity contribution in [1.82, 2.24) is 35.7 Å². The van der Waals surface area contributed by atoms with Crippen LogP contribution < -0.4 is 16.2 Å². The van der Waals surface area contributed by atoms with Gasteiger partial charge >= 0.3 is 0 Å². The summed E-state index contributed by atoms with van der Waals surface area (Å²) in [4.78, 5) is 26.5. The monoisotopic (exact) mass is 473 g/mol. The molecule has 6 rings (SSSR count). The molecule has 1 amide bonds. The van der Waals surface area contributed by atoms with Gasteiger partial charge in [-0.3, -0.25) is 15.2 Å². The fourth-order valence-corrected chi connectivity index (χ4v) is 6.62. The highest BCUT2D eigenvalue weighted by atomic mass is 16.1. The molecular formula is C27H35N7O. The third-order valence-electron chi connectivity index (χ3n) is 8.38.